The third-order valence-electron chi connectivity index (χ3n) is 3.12. The zero-order valence-electron chi connectivity index (χ0n) is 12.4. The smallest absolute Gasteiger partial charge is 0.310 e. The van der Waals surface area contributed by atoms with Crippen molar-refractivity contribution in [3.63, 3.8) is 0 Å². The van der Waals surface area contributed by atoms with Gasteiger partial charge in [0.15, 0.2) is 12.0 Å². The molecule has 0 saturated heterocycles. The van der Waals surface area contributed by atoms with Gasteiger partial charge in [-0.25, -0.2) is 0 Å². The van der Waals surface area contributed by atoms with Crippen LogP contribution in [0.3, 0.4) is 0 Å². The number of benzene rings is 2. The Balaban J connectivity index is 2.25. The van der Waals surface area contributed by atoms with Crippen LogP contribution in [-0.4, -0.2) is 19.1 Å². The van der Waals surface area contributed by atoms with Crippen LogP contribution < -0.4 is 4.74 Å². The first kappa shape index (κ1) is 15.9. The molecule has 116 valence electrons. The fraction of sp³-hybridized carbons (Fsp3) is 0.250. The molecule has 0 spiro atoms. The molecular weight excluding hydrogens is 286 g/mol. The van der Waals surface area contributed by atoms with Crippen LogP contribution in [0, 0.1) is 10.1 Å². The number of hydrogen-bond donors (Lipinski definition) is 0. The molecule has 0 N–H and O–H groups in total. The third-order valence-corrected chi connectivity index (χ3v) is 3.12. The third kappa shape index (κ3) is 3.81. The Morgan fingerprint density at radius 3 is 2.36 bits per heavy atom. The second-order valence-electron chi connectivity index (χ2n) is 4.56. The molecule has 0 heterocycles. The molecule has 6 nitrogen and oxygen atoms in total. The first-order chi connectivity index (χ1) is 10.7. The second kappa shape index (κ2) is 7.53. The van der Waals surface area contributed by atoms with E-state index < -0.39 is 11.2 Å². The lowest BCUT2D eigenvalue weighted by Gasteiger charge is -2.15. The van der Waals surface area contributed by atoms with Gasteiger partial charge in [0.25, 0.3) is 0 Å². The minimum atomic E-state index is -0.597. The molecule has 0 fully saturated rings. The summed E-state index contributed by atoms with van der Waals surface area (Å²) in [7, 11) is 3.00. The van der Waals surface area contributed by atoms with Crippen LogP contribution in [0.4, 0.5) is 5.69 Å². The maximum absolute atomic E-state index is 11.1. The highest BCUT2D eigenvalue weighted by atomic mass is 16.7. The van der Waals surface area contributed by atoms with Crippen LogP contribution in [-0.2, 0) is 16.1 Å². The van der Waals surface area contributed by atoms with E-state index in [9.17, 15) is 10.1 Å². The lowest BCUT2D eigenvalue weighted by atomic mass is 10.1. The van der Waals surface area contributed by atoms with Crippen molar-refractivity contribution in [3.05, 3.63) is 69.8 Å². The van der Waals surface area contributed by atoms with Gasteiger partial charge < -0.3 is 14.2 Å². The Labute approximate surface area is 128 Å². The summed E-state index contributed by atoms with van der Waals surface area (Å²) in [5.41, 5.74) is 1.49. The molecule has 0 aliphatic rings. The highest BCUT2D eigenvalue weighted by Gasteiger charge is 2.19. The van der Waals surface area contributed by atoms with Gasteiger partial charge >= 0.3 is 5.69 Å². The highest BCUT2D eigenvalue weighted by Crippen LogP contribution is 2.31. The van der Waals surface area contributed by atoms with E-state index >= 15 is 0 Å². The predicted octanol–water partition coefficient (Wildman–Crippen LogP) is 3.47. The Kier molecular flexibility index (Phi) is 5.46. The lowest BCUT2D eigenvalue weighted by molar-refractivity contribution is -0.386. The van der Waals surface area contributed by atoms with Gasteiger partial charge in [0.05, 0.1) is 4.92 Å². The number of methoxy groups -OCH3 is 2. The Morgan fingerprint density at radius 2 is 1.77 bits per heavy atom. The predicted molar refractivity (Wildman–Crippen MR) is 80.6 cm³/mol. The SMILES string of the molecule is COC(OC)c1ccc([N+](=O)[O-])c(OCc2ccccc2)c1. The van der Waals surface area contributed by atoms with Crippen LogP contribution >= 0.6 is 0 Å². The molecule has 0 aliphatic carbocycles. The average molecular weight is 303 g/mol. The number of nitro groups is 1. The Hall–Kier alpha value is -2.44. The summed E-state index contributed by atoms with van der Waals surface area (Å²) in [6, 6.07) is 14.0. The molecule has 0 bridgehead atoms. The molecular formula is C16H17NO5. The molecule has 22 heavy (non-hydrogen) atoms. The van der Waals surface area contributed by atoms with Gasteiger partial charge in [-0.1, -0.05) is 30.3 Å². The van der Waals surface area contributed by atoms with Gasteiger partial charge in [-0.05, 0) is 17.7 Å². The number of hydrogen-bond acceptors (Lipinski definition) is 5. The summed E-state index contributed by atoms with van der Waals surface area (Å²) in [5.74, 6) is 0.186. The van der Waals surface area contributed by atoms with Gasteiger partial charge in [-0.3, -0.25) is 10.1 Å². The van der Waals surface area contributed by atoms with E-state index in [4.69, 9.17) is 14.2 Å². The van der Waals surface area contributed by atoms with Gasteiger partial charge in [0.2, 0.25) is 0 Å². The van der Waals surface area contributed by atoms with E-state index in [2.05, 4.69) is 0 Å². The topological polar surface area (TPSA) is 70.8 Å². The summed E-state index contributed by atoms with van der Waals surface area (Å²) in [4.78, 5) is 10.6. The fourth-order valence-corrected chi connectivity index (χ4v) is 2.05. The number of rotatable bonds is 7. The standard InChI is InChI=1S/C16H17NO5/c1-20-16(21-2)13-8-9-14(17(18)19)15(10-13)22-11-12-6-4-3-5-7-12/h3-10,16H,11H2,1-2H3. The maximum Gasteiger partial charge on any atom is 0.310 e. The summed E-state index contributed by atoms with van der Waals surface area (Å²) < 4.78 is 15.9. The summed E-state index contributed by atoms with van der Waals surface area (Å²) >= 11 is 0. The largest absolute Gasteiger partial charge is 0.482 e. The molecule has 0 aliphatic heterocycles. The molecule has 0 radical (unpaired) electrons. The van der Waals surface area contributed by atoms with Crippen molar-refractivity contribution in [2.24, 2.45) is 0 Å². The first-order valence-electron chi connectivity index (χ1n) is 6.66. The number of ether oxygens (including phenoxy) is 3. The van der Waals surface area contributed by atoms with Crippen LogP contribution in [0.15, 0.2) is 48.5 Å². The zero-order valence-corrected chi connectivity index (χ0v) is 12.4. The van der Waals surface area contributed by atoms with Gasteiger partial charge in [0.1, 0.15) is 6.61 Å². The molecule has 0 atom stereocenters. The summed E-state index contributed by atoms with van der Waals surface area (Å²) in [6.07, 6.45) is -0.597. The Bertz CT molecular complexity index is 626. The first-order valence-corrected chi connectivity index (χ1v) is 6.66. The van der Waals surface area contributed by atoms with Gasteiger partial charge in [-0.2, -0.15) is 0 Å². The van der Waals surface area contributed by atoms with Crippen molar-refractivity contribution in [2.45, 2.75) is 12.9 Å². The lowest BCUT2D eigenvalue weighted by Crippen LogP contribution is -2.05. The van der Waals surface area contributed by atoms with Crippen molar-refractivity contribution in [1.82, 2.24) is 0 Å². The second-order valence-corrected chi connectivity index (χ2v) is 4.56. The normalized spacial score (nSPS) is 10.7. The monoisotopic (exact) mass is 303 g/mol. The van der Waals surface area contributed by atoms with E-state index in [0.29, 0.717) is 5.56 Å². The van der Waals surface area contributed by atoms with Crippen LogP contribution in [0.2, 0.25) is 0 Å². The highest BCUT2D eigenvalue weighted by molar-refractivity contribution is 5.48. The fourth-order valence-electron chi connectivity index (χ4n) is 2.05. The molecule has 0 aromatic heterocycles. The van der Waals surface area contributed by atoms with E-state index in [1.165, 1.54) is 20.3 Å². The maximum atomic E-state index is 11.1. The van der Waals surface area contributed by atoms with Crippen LogP contribution in [0.25, 0.3) is 0 Å². The van der Waals surface area contributed by atoms with Crippen molar-refractivity contribution in [1.29, 1.82) is 0 Å². The number of nitro benzene ring substituents is 1. The molecule has 2 aromatic carbocycles. The van der Waals surface area contributed by atoms with Crippen molar-refractivity contribution < 1.29 is 19.1 Å². The quantitative estimate of drug-likeness (QED) is 0.445. The summed E-state index contributed by atoms with van der Waals surface area (Å²) in [5, 5.41) is 11.1. The van der Waals surface area contributed by atoms with Crippen molar-refractivity contribution in [3.8, 4) is 5.75 Å². The van der Waals surface area contributed by atoms with E-state index in [0.717, 1.165) is 5.56 Å². The van der Waals surface area contributed by atoms with Crippen molar-refractivity contribution in [2.75, 3.05) is 14.2 Å². The molecule has 2 aromatic rings. The zero-order chi connectivity index (χ0) is 15.9. The van der Waals surface area contributed by atoms with E-state index in [1.807, 2.05) is 30.3 Å². The molecule has 6 heteroatoms. The van der Waals surface area contributed by atoms with Crippen LogP contribution in [0.5, 0.6) is 5.75 Å². The van der Waals surface area contributed by atoms with E-state index in [-0.39, 0.29) is 18.0 Å². The molecule has 2 rings (SSSR count). The molecule has 0 saturated carbocycles. The average Bonchev–Trinajstić information content (AvgIpc) is 2.55. The van der Waals surface area contributed by atoms with E-state index in [1.54, 1.807) is 12.1 Å². The van der Waals surface area contributed by atoms with Crippen LogP contribution in [0.1, 0.15) is 17.4 Å². The molecule has 0 amide bonds. The summed E-state index contributed by atoms with van der Waals surface area (Å²) in [6.45, 7) is 0.246. The number of nitrogens with zero attached hydrogens (tertiary/aromatic N) is 1. The molecule has 0 unspecified atom stereocenters. The minimum absolute atomic E-state index is 0.0920. The van der Waals surface area contributed by atoms with Gasteiger partial charge in [0, 0.05) is 25.8 Å². The van der Waals surface area contributed by atoms with Gasteiger partial charge in [-0.15, -0.1) is 0 Å². The van der Waals surface area contributed by atoms with Crippen molar-refractivity contribution >= 4 is 5.69 Å². The minimum Gasteiger partial charge on any atom is -0.482 e. The Morgan fingerprint density at radius 1 is 1.09 bits per heavy atom.